The lowest BCUT2D eigenvalue weighted by Crippen LogP contribution is -2.18. The monoisotopic (exact) mass is 248 g/mol. The number of phenolic OH excluding ortho intramolecular Hbond substituents is 2. The van der Waals surface area contributed by atoms with E-state index in [9.17, 15) is 10.2 Å². The molecule has 2 nitrogen and oxygen atoms in total. The zero-order valence-electron chi connectivity index (χ0n) is 10.4. The summed E-state index contributed by atoms with van der Waals surface area (Å²) in [5.41, 5.74) is 2.10. The van der Waals surface area contributed by atoms with Crippen molar-refractivity contribution < 1.29 is 14.9 Å². The second-order valence-electron chi connectivity index (χ2n) is 4.72. The summed E-state index contributed by atoms with van der Waals surface area (Å²) >= 11 is 0. The molecule has 2 N–H and O–H groups in total. The first-order valence-corrected chi connectivity index (χ1v) is 5.59. The molecule has 0 saturated heterocycles. The average molecular weight is 248 g/mol. The van der Waals surface area contributed by atoms with Gasteiger partial charge in [0, 0.05) is 5.41 Å². The Balaban J connectivity index is 0.00000162. The predicted octanol–water partition coefficient (Wildman–Crippen LogP) is 3.58. The van der Waals surface area contributed by atoms with Gasteiger partial charge in [-0.3, -0.25) is 4.70 Å². The molecular formula is C15H17FO2. The van der Waals surface area contributed by atoms with Crippen molar-refractivity contribution in [3.8, 4) is 11.5 Å². The molecule has 0 unspecified atom stereocenters. The third-order valence-electron chi connectivity index (χ3n) is 3.18. The smallest absolute Gasteiger partial charge is 0.115 e. The van der Waals surface area contributed by atoms with Crippen molar-refractivity contribution >= 4 is 0 Å². The largest absolute Gasteiger partial charge is 0.508 e. The summed E-state index contributed by atoms with van der Waals surface area (Å²) in [5.74, 6) is 0.547. The van der Waals surface area contributed by atoms with Crippen LogP contribution in [0.15, 0.2) is 48.5 Å². The van der Waals surface area contributed by atoms with Crippen molar-refractivity contribution in [1.29, 1.82) is 0 Å². The molecule has 3 heteroatoms. The van der Waals surface area contributed by atoms with Crippen molar-refractivity contribution in [2.45, 2.75) is 19.3 Å². The molecule has 2 aromatic rings. The first-order valence-electron chi connectivity index (χ1n) is 5.59. The molecule has 0 spiro atoms. The summed E-state index contributed by atoms with van der Waals surface area (Å²) < 4.78 is 0. The summed E-state index contributed by atoms with van der Waals surface area (Å²) in [6, 6.07) is 14.4. The predicted molar refractivity (Wildman–Crippen MR) is 70.8 cm³/mol. The van der Waals surface area contributed by atoms with Gasteiger partial charge in [0.15, 0.2) is 0 Å². The van der Waals surface area contributed by atoms with E-state index >= 15 is 0 Å². The van der Waals surface area contributed by atoms with E-state index < -0.39 is 0 Å². The minimum atomic E-state index is -0.151. The van der Waals surface area contributed by atoms with Crippen molar-refractivity contribution in [2.75, 3.05) is 0 Å². The second-order valence-corrected chi connectivity index (χ2v) is 4.72. The van der Waals surface area contributed by atoms with Crippen LogP contribution in [0, 0.1) is 0 Å². The van der Waals surface area contributed by atoms with E-state index in [4.69, 9.17) is 0 Å². The molecule has 0 atom stereocenters. The zero-order chi connectivity index (χ0) is 12.5. The number of rotatable bonds is 2. The van der Waals surface area contributed by atoms with Crippen molar-refractivity contribution in [3.05, 3.63) is 59.7 Å². The molecule has 0 bridgehead atoms. The maximum absolute atomic E-state index is 9.30. The van der Waals surface area contributed by atoms with E-state index in [1.165, 1.54) is 0 Å². The van der Waals surface area contributed by atoms with Gasteiger partial charge in [0.25, 0.3) is 0 Å². The number of phenols is 2. The van der Waals surface area contributed by atoms with Crippen molar-refractivity contribution in [2.24, 2.45) is 0 Å². The van der Waals surface area contributed by atoms with E-state index in [1.807, 2.05) is 24.3 Å². The fraction of sp³-hybridized carbons (Fsp3) is 0.200. The van der Waals surface area contributed by atoms with Crippen LogP contribution < -0.4 is 0 Å². The minimum Gasteiger partial charge on any atom is -0.508 e. The Morgan fingerprint density at radius 2 is 0.944 bits per heavy atom. The van der Waals surface area contributed by atoms with E-state index in [0.717, 1.165) is 11.1 Å². The van der Waals surface area contributed by atoms with Gasteiger partial charge >= 0.3 is 0 Å². The molecule has 2 aromatic carbocycles. The normalized spacial score (nSPS) is 10.8. The van der Waals surface area contributed by atoms with Gasteiger partial charge in [-0.2, -0.15) is 0 Å². The van der Waals surface area contributed by atoms with Crippen LogP contribution in [-0.2, 0) is 5.41 Å². The van der Waals surface area contributed by atoms with Crippen LogP contribution >= 0.6 is 0 Å². The van der Waals surface area contributed by atoms with Crippen LogP contribution in [0.25, 0.3) is 0 Å². The van der Waals surface area contributed by atoms with Crippen LogP contribution in [-0.4, -0.2) is 10.2 Å². The standard InChI is InChI=1S/C15H16O2.FH/c1-15(2,11-3-7-13(16)8-4-11)12-5-9-14(17)10-6-12;/h3-10,16-17H,1-2H3;1H. The van der Waals surface area contributed by atoms with Gasteiger partial charge in [0.05, 0.1) is 0 Å². The highest BCUT2D eigenvalue weighted by molar-refractivity contribution is 5.41. The minimum absolute atomic E-state index is 0. The molecule has 2 rings (SSSR count). The number of halogens is 1. The van der Waals surface area contributed by atoms with Gasteiger partial charge in [0.2, 0.25) is 0 Å². The van der Waals surface area contributed by atoms with Crippen LogP contribution in [0.3, 0.4) is 0 Å². The van der Waals surface area contributed by atoms with Gasteiger partial charge < -0.3 is 10.2 Å². The van der Waals surface area contributed by atoms with E-state index in [0.29, 0.717) is 0 Å². The molecule has 0 heterocycles. The molecule has 0 fully saturated rings. The Morgan fingerprint density at radius 1 is 0.667 bits per heavy atom. The van der Waals surface area contributed by atoms with Gasteiger partial charge in [-0.1, -0.05) is 38.1 Å². The molecule has 18 heavy (non-hydrogen) atoms. The summed E-state index contributed by atoms with van der Waals surface area (Å²) in [6.45, 7) is 4.23. The molecule has 0 aliphatic carbocycles. The van der Waals surface area contributed by atoms with Gasteiger partial charge in [-0.25, -0.2) is 0 Å². The lowest BCUT2D eigenvalue weighted by Gasteiger charge is -2.26. The van der Waals surface area contributed by atoms with Crippen LogP contribution in [0.4, 0.5) is 4.70 Å². The molecule has 0 aliphatic rings. The first-order chi connectivity index (χ1) is 8.00. The van der Waals surface area contributed by atoms with Crippen LogP contribution in [0.1, 0.15) is 25.0 Å². The summed E-state index contributed by atoms with van der Waals surface area (Å²) in [6.07, 6.45) is 0. The topological polar surface area (TPSA) is 40.5 Å². The lowest BCUT2D eigenvalue weighted by atomic mass is 9.78. The number of hydrogen-bond acceptors (Lipinski definition) is 2. The van der Waals surface area contributed by atoms with E-state index in [1.54, 1.807) is 24.3 Å². The molecule has 0 radical (unpaired) electrons. The fourth-order valence-electron chi connectivity index (χ4n) is 1.92. The third kappa shape index (κ3) is 2.62. The maximum Gasteiger partial charge on any atom is 0.115 e. The second kappa shape index (κ2) is 5.08. The lowest BCUT2D eigenvalue weighted by molar-refractivity contribution is 0.474. The molecule has 0 saturated carbocycles. The zero-order valence-corrected chi connectivity index (χ0v) is 10.4. The number of hydrogen-bond donors (Lipinski definition) is 2. The average Bonchev–Trinajstić information content (AvgIpc) is 2.30. The molecule has 96 valence electrons. The SMILES string of the molecule is CC(C)(c1ccc(O)cc1)c1ccc(O)cc1.F. The fourth-order valence-corrected chi connectivity index (χ4v) is 1.92. The van der Waals surface area contributed by atoms with E-state index in [2.05, 4.69) is 13.8 Å². The molecule has 0 amide bonds. The summed E-state index contributed by atoms with van der Waals surface area (Å²) in [5, 5.41) is 18.6. The third-order valence-corrected chi connectivity index (χ3v) is 3.18. The van der Waals surface area contributed by atoms with Crippen LogP contribution in [0.5, 0.6) is 11.5 Å². The number of aromatic hydroxyl groups is 2. The van der Waals surface area contributed by atoms with Crippen molar-refractivity contribution in [1.82, 2.24) is 0 Å². The summed E-state index contributed by atoms with van der Waals surface area (Å²) in [7, 11) is 0. The maximum atomic E-state index is 9.30. The highest BCUT2D eigenvalue weighted by atomic mass is 19.0. The van der Waals surface area contributed by atoms with Gasteiger partial charge in [0.1, 0.15) is 11.5 Å². The Kier molecular flexibility index (Phi) is 3.96. The highest BCUT2D eigenvalue weighted by Gasteiger charge is 2.22. The Hall–Kier alpha value is -2.03. The molecular weight excluding hydrogens is 231 g/mol. The molecule has 0 aliphatic heterocycles. The first kappa shape index (κ1) is 14.0. The Bertz CT molecular complexity index is 454. The van der Waals surface area contributed by atoms with Gasteiger partial charge in [-0.15, -0.1) is 0 Å². The Morgan fingerprint density at radius 3 is 1.22 bits per heavy atom. The quantitative estimate of drug-likeness (QED) is 0.852. The highest BCUT2D eigenvalue weighted by Crippen LogP contribution is 2.32. The molecule has 0 aromatic heterocycles. The van der Waals surface area contributed by atoms with Gasteiger partial charge in [-0.05, 0) is 35.4 Å². The number of benzene rings is 2. The summed E-state index contributed by atoms with van der Waals surface area (Å²) in [4.78, 5) is 0. The Labute approximate surface area is 106 Å². The van der Waals surface area contributed by atoms with Crippen LogP contribution in [0.2, 0.25) is 0 Å². The van der Waals surface area contributed by atoms with E-state index in [-0.39, 0.29) is 21.6 Å². The van der Waals surface area contributed by atoms with Crippen molar-refractivity contribution in [3.63, 3.8) is 0 Å².